The van der Waals surface area contributed by atoms with Crippen LogP contribution < -0.4 is 5.32 Å². The lowest BCUT2D eigenvalue weighted by molar-refractivity contribution is -0.121. The maximum atomic E-state index is 13.5. The van der Waals surface area contributed by atoms with Crippen LogP contribution in [0.3, 0.4) is 0 Å². The van der Waals surface area contributed by atoms with E-state index in [1.807, 2.05) is 19.9 Å². The summed E-state index contributed by atoms with van der Waals surface area (Å²) in [5.74, 6) is -0.281. The molecule has 1 rings (SSSR count). The Balaban J connectivity index is 2.66. The van der Waals surface area contributed by atoms with Gasteiger partial charge in [0.1, 0.15) is 11.9 Å². The lowest BCUT2D eigenvalue weighted by Crippen LogP contribution is -2.28. The highest BCUT2D eigenvalue weighted by molar-refractivity contribution is 5.76. The molecular weight excluding hydrogens is 231 g/mol. The molecule has 0 aliphatic carbocycles. The van der Waals surface area contributed by atoms with Crippen LogP contribution in [0.2, 0.25) is 0 Å². The van der Waals surface area contributed by atoms with Gasteiger partial charge in [0, 0.05) is 12.0 Å². The Labute approximate surface area is 107 Å². The summed E-state index contributed by atoms with van der Waals surface area (Å²) < 4.78 is 13.5. The standard InChI is InChI=1S/C14H17FN2O/c1-10(2)7-8-14(18)17-13(9-16)11-5-3-4-6-12(11)15/h3-6,10,13H,7-8H2,1-2H3,(H,17,18)/t13-/m1/s1. The highest BCUT2D eigenvalue weighted by atomic mass is 19.1. The van der Waals surface area contributed by atoms with E-state index < -0.39 is 11.9 Å². The number of halogens is 1. The van der Waals surface area contributed by atoms with Crippen molar-refractivity contribution in [3.63, 3.8) is 0 Å². The fourth-order valence-electron chi connectivity index (χ4n) is 1.54. The summed E-state index contributed by atoms with van der Waals surface area (Å²) in [5, 5.41) is 11.5. The van der Waals surface area contributed by atoms with E-state index >= 15 is 0 Å². The zero-order valence-electron chi connectivity index (χ0n) is 10.6. The fraction of sp³-hybridized carbons (Fsp3) is 0.429. The maximum Gasteiger partial charge on any atom is 0.221 e. The summed E-state index contributed by atoms with van der Waals surface area (Å²) in [5.41, 5.74) is 0.206. The van der Waals surface area contributed by atoms with Crippen molar-refractivity contribution >= 4 is 5.91 Å². The predicted molar refractivity (Wildman–Crippen MR) is 67.0 cm³/mol. The number of benzene rings is 1. The van der Waals surface area contributed by atoms with E-state index in [1.54, 1.807) is 12.1 Å². The van der Waals surface area contributed by atoms with Crippen LogP contribution in [-0.2, 0) is 4.79 Å². The molecule has 1 aromatic rings. The molecule has 0 saturated heterocycles. The minimum absolute atomic E-state index is 0.206. The zero-order chi connectivity index (χ0) is 13.5. The smallest absolute Gasteiger partial charge is 0.221 e. The van der Waals surface area contributed by atoms with Gasteiger partial charge in [-0.2, -0.15) is 5.26 Å². The van der Waals surface area contributed by atoms with Crippen LogP contribution in [0.15, 0.2) is 24.3 Å². The van der Waals surface area contributed by atoms with E-state index in [9.17, 15) is 9.18 Å². The number of hydrogen-bond acceptors (Lipinski definition) is 2. The summed E-state index contributed by atoms with van der Waals surface area (Å²) in [4.78, 5) is 11.6. The van der Waals surface area contributed by atoms with Crippen molar-refractivity contribution in [1.29, 1.82) is 5.26 Å². The number of rotatable bonds is 5. The molecule has 18 heavy (non-hydrogen) atoms. The monoisotopic (exact) mass is 248 g/mol. The van der Waals surface area contributed by atoms with E-state index in [0.717, 1.165) is 6.42 Å². The van der Waals surface area contributed by atoms with E-state index in [0.29, 0.717) is 12.3 Å². The third-order valence-corrected chi connectivity index (χ3v) is 2.60. The number of nitriles is 1. The maximum absolute atomic E-state index is 13.5. The van der Waals surface area contributed by atoms with Crippen LogP contribution in [0.5, 0.6) is 0 Å². The molecule has 0 spiro atoms. The number of nitrogens with one attached hydrogen (secondary N) is 1. The van der Waals surface area contributed by atoms with Gasteiger partial charge in [-0.25, -0.2) is 4.39 Å². The van der Waals surface area contributed by atoms with Gasteiger partial charge in [-0.05, 0) is 18.4 Å². The van der Waals surface area contributed by atoms with E-state index in [2.05, 4.69) is 5.32 Å². The van der Waals surface area contributed by atoms with E-state index in [-0.39, 0.29) is 11.5 Å². The first-order valence-electron chi connectivity index (χ1n) is 5.98. The van der Waals surface area contributed by atoms with Gasteiger partial charge in [-0.3, -0.25) is 4.79 Å². The minimum atomic E-state index is -0.925. The molecule has 4 heteroatoms. The largest absolute Gasteiger partial charge is 0.337 e. The van der Waals surface area contributed by atoms with Crippen LogP contribution in [0.4, 0.5) is 4.39 Å². The zero-order valence-corrected chi connectivity index (χ0v) is 10.6. The van der Waals surface area contributed by atoms with Crippen molar-refractivity contribution < 1.29 is 9.18 Å². The second-order valence-corrected chi connectivity index (χ2v) is 4.58. The Hall–Kier alpha value is -1.89. The highest BCUT2D eigenvalue weighted by Gasteiger charge is 2.17. The molecule has 1 atom stereocenters. The summed E-state index contributed by atoms with van der Waals surface area (Å²) in [7, 11) is 0. The van der Waals surface area contributed by atoms with Crippen molar-refractivity contribution in [3.05, 3.63) is 35.6 Å². The molecule has 0 saturated carbocycles. The first kappa shape index (κ1) is 14.2. The predicted octanol–water partition coefficient (Wildman–Crippen LogP) is 2.94. The van der Waals surface area contributed by atoms with Gasteiger partial charge in [0.25, 0.3) is 0 Å². The molecule has 0 aliphatic rings. The minimum Gasteiger partial charge on any atom is -0.337 e. The SMILES string of the molecule is CC(C)CCC(=O)N[C@H](C#N)c1ccccc1F. The second kappa shape index (κ2) is 6.75. The van der Waals surface area contributed by atoms with Crippen LogP contribution in [0.25, 0.3) is 0 Å². The summed E-state index contributed by atoms with van der Waals surface area (Å²) in [6, 6.07) is 6.96. The Morgan fingerprint density at radius 1 is 1.44 bits per heavy atom. The van der Waals surface area contributed by atoms with E-state index in [4.69, 9.17) is 5.26 Å². The molecule has 0 fully saturated rings. The highest BCUT2D eigenvalue weighted by Crippen LogP contribution is 2.16. The summed E-state index contributed by atoms with van der Waals surface area (Å²) in [6.45, 7) is 4.04. The van der Waals surface area contributed by atoms with Crippen LogP contribution in [0, 0.1) is 23.1 Å². The van der Waals surface area contributed by atoms with Gasteiger partial charge in [-0.15, -0.1) is 0 Å². The van der Waals surface area contributed by atoms with Crippen LogP contribution in [0.1, 0.15) is 38.3 Å². The Morgan fingerprint density at radius 3 is 2.67 bits per heavy atom. The van der Waals surface area contributed by atoms with Crippen molar-refractivity contribution in [3.8, 4) is 6.07 Å². The molecular formula is C14H17FN2O. The van der Waals surface area contributed by atoms with Crippen molar-refractivity contribution in [2.45, 2.75) is 32.7 Å². The summed E-state index contributed by atoms with van der Waals surface area (Å²) in [6.07, 6.45) is 1.10. The van der Waals surface area contributed by atoms with Crippen molar-refractivity contribution in [2.75, 3.05) is 0 Å². The van der Waals surface area contributed by atoms with Gasteiger partial charge < -0.3 is 5.32 Å². The Bertz CT molecular complexity index is 451. The van der Waals surface area contributed by atoms with Crippen LogP contribution in [-0.4, -0.2) is 5.91 Å². The van der Waals surface area contributed by atoms with Gasteiger partial charge in [0.2, 0.25) is 5.91 Å². The fourth-order valence-corrected chi connectivity index (χ4v) is 1.54. The molecule has 0 radical (unpaired) electrons. The molecule has 1 amide bonds. The molecule has 1 N–H and O–H groups in total. The van der Waals surface area contributed by atoms with Crippen LogP contribution >= 0.6 is 0 Å². The first-order valence-corrected chi connectivity index (χ1v) is 5.98. The molecule has 0 aromatic heterocycles. The number of carbonyl (C=O) groups excluding carboxylic acids is 1. The topological polar surface area (TPSA) is 52.9 Å². The van der Waals surface area contributed by atoms with Crippen molar-refractivity contribution in [1.82, 2.24) is 5.32 Å². The molecule has 1 aromatic carbocycles. The van der Waals surface area contributed by atoms with E-state index in [1.165, 1.54) is 12.1 Å². The lowest BCUT2D eigenvalue weighted by Gasteiger charge is -2.13. The number of carbonyl (C=O) groups is 1. The molecule has 0 aliphatic heterocycles. The average Bonchev–Trinajstić information content (AvgIpc) is 2.34. The van der Waals surface area contributed by atoms with Gasteiger partial charge in [-0.1, -0.05) is 32.0 Å². The molecule has 0 heterocycles. The van der Waals surface area contributed by atoms with Gasteiger partial charge >= 0.3 is 0 Å². The third kappa shape index (κ3) is 4.17. The number of nitrogens with zero attached hydrogens (tertiary/aromatic N) is 1. The molecule has 96 valence electrons. The van der Waals surface area contributed by atoms with Gasteiger partial charge in [0.15, 0.2) is 0 Å². The number of amides is 1. The summed E-state index contributed by atoms with van der Waals surface area (Å²) >= 11 is 0. The Kier molecular flexibility index (Phi) is 5.31. The Morgan fingerprint density at radius 2 is 2.11 bits per heavy atom. The molecule has 0 unspecified atom stereocenters. The quantitative estimate of drug-likeness (QED) is 0.871. The third-order valence-electron chi connectivity index (χ3n) is 2.60. The second-order valence-electron chi connectivity index (χ2n) is 4.58. The van der Waals surface area contributed by atoms with Gasteiger partial charge in [0.05, 0.1) is 6.07 Å². The normalized spacial score (nSPS) is 11.9. The van der Waals surface area contributed by atoms with Crippen molar-refractivity contribution in [2.24, 2.45) is 5.92 Å². The molecule has 3 nitrogen and oxygen atoms in total. The average molecular weight is 248 g/mol. The molecule has 0 bridgehead atoms. The first-order chi connectivity index (χ1) is 8.54. The number of hydrogen-bond donors (Lipinski definition) is 1. The lowest BCUT2D eigenvalue weighted by atomic mass is 10.1.